The van der Waals surface area contributed by atoms with E-state index in [1.54, 1.807) is 37.5 Å². The van der Waals surface area contributed by atoms with E-state index in [0.717, 1.165) is 11.1 Å². The van der Waals surface area contributed by atoms with E-state index in [9.17, 15) is 9.18 Å². The van der Waals surface area contributed by atoms with E-state index in [4.69, 9.17) is 0 Å². The lowest BCUT2D eigenvalue weighted by atomic mass is 10.1. The number of amides is 1. The number of aromatic nitrogens is 3. The van der Waals surface area contributed by atoms with Gasteiger partial charge in [0.25, 0.3) is 5.91 Å². The minimum Gasteiger partial charge on any atom is -0.322 e. The molecule has 4 aromatic rings. The van der Waals surface area contributed by atoms with Gasteiger partial charge in [0.2, 0.25) is 0 Å². The third-order valence-corrected chi connectivity index (χ3v) is 4.43. The SMILES string of the molecule is Cc1cc(NC(=O)c2cnc(-c3ccccc3)nc2-c2ccncc2)ccc1F. The summed E-state index contributed by atoms with van der Waals surface area (Å²) in [5, 5.41) is 2.79. The van der Waals surface area contributed by atoms with Gasteiger partial charge < -0.3 is 5.32 Å². The maximum absolute atomic E-state index is 13.5. The normalized spacial score (nSPS) is 10.6. The monoisotopic (exact) mass is 384 g/mol. The molecule has 29 heavy (non-hydrogen) atoms. The van der Waals surface area contributed by atoms with Crippen molar-refractivity contribution in [2.24, 2.45) is 0 Å². The summed E-state index contributed by atoms with van der Waals surface area (Å²) in [6.07, 6.45) is 4.80. The fraction of sp³-hybridized carbons (Fsp3) is 0.0435. The fourth-order valence-corrected chi connectivity index (χ4v) is 2.93. The van der Waals surface area contributed by atoms with Gasteiger partial charge in [-0.25, -0.2) is 14.4 Å². The van der Waals surface area contributed by atoms with E-state index in [2.05, 4.69) is 20.3 Å². The highest BCUT2D eigenvalue weighted by atomic mass is 19.1. The van der Waals surface area contributed by atoms with Gasteiger partial charge in [0.15, 0.2) is 5.82 Å². The minimum atomic E-state index is -0.373. The van der Waals surface area contributed by atoms with Crippen molar-refractivity contribution >= 4 is 11.6 Å². The van der Waals surface area contributed by atoms with Crippen molar-refractivity contribution in [3.05, 3.63) is 96.2 Å². The van der Waals surface area contributed by atoms with Crippen molar-refractivity contribution in [1.82, 2.24) is 15.0 Å². The van der Waals surface area contributed by atoms with Crippen molar-refractivity contribution in [3.8, 4) is 22.6 Å². The maximum atomic E-state index is 13.5. The van der Waals surface area contributed by atoms with Crippen LogP contribution in [0.25, 0.3) is 22.6 Å². The van der Waals surface area contributed by atoms with Crippen LogP contribution in [-0.4, -0.2) is 20.9 Å². The fourth-order valence-electron chi connectivity index (χ4n) is 2.93. The van der Waals surface area contributed by atoms with Gasteiger partial charge >= 0.3 is 0 Å². The summed E-state index contributed by atoms with van der Waals surface area (Å²) < 4.78 is 13.5. The average molecular weight is 384 g/mol. The average Bonchev–Trinajstić information content (AvgIpc) is 2.77. The summed E-state index contributed by atoms with van der Waals surface area (Å²) in [6.45, 7) is 1.64. The molecule has 0 aliphatic heterocycles. The molecule has 0 radical (unpaired) electrons. The van der Waals surface area contributed by atoms with Crippen molar-refractivity contribution < 1.29 is 9.18 Å². The number of rotatable bonds is 4. The van der Waals surface area contributed by atoms with E-state index in [0.29, 0.717) is 28.3 Å². The zero-order valence-corrected chi connectivity index (χ0v) is 15.6. The minimum absolute atomic E-state index is 0.317. The molecule has 0 saturated heterocycles. The first-order chi connectivity index (χ1) is 14.1. The Bertz CT molecular complexity index is 1160. The number of nitrogens with zero attached hydrogens (tertiary/aromatic N) is 3. The molecule has 6 heteroatoms. The second-order valence-corrected chi connectivity index (χ2v) is 6.48. The number of hydrogen-bond acceptors (Lipinski definition) is 4. The molecule has 5 nitrogen and oxygen atoms in total. The van der Waals surface area contributed by atoms with Gasteiger partial charge in [-0.15, -0.1) is 0 Å². The van der Waals surface area contributed by atoms with Gasteiger partial charge in [-0.2, -0.15) is 0 Å². The lowest BCUT2D eigenvalue weighted by Gasteiger charge is -2.12. The summed E-state index contributed by atoms with van der Waals surface area (Å²) >= 11 is 0. The van der Waals surface area contributed by atoms with Gasteiger partial charge in [0.05, 0.1) is 11.3 Å². The zero-order chi connectivity index (χ0) is 20.2. The summed E-state index contributed by atoms with van der Waals surface area (Å²) in [5.41, 5.74) is 3.37. The Hall–Kier alpha value is -3.93. The van der Waals surface area contributed by atoms with Crippen LogP contribution < -0.4 is 5.32 Å². The quantitative estimate of drug-likeness (QED) is 0.543. The summed E-state index contributed by atoms with van der Waals surface area (Å²) in [7, 11) is 0. The van der Waals surface area contributed by atoms with Crippen LogP contribution in [0.2, 0.25) is 0 Å². The predicted octanol–water partition coefficient (Wildman–Crippen LogP) is 4.91. The van der Waals surface area contributed by atoms with E-state index in [1.807, 2.05) is 30.3 Å². The predicted molar refractivity (Wildman–Crippen MR) is 110 cm³/mol. The number of carbonyl (C=O) groups excluding carboxylic acids is 1. The van der Waals surface area contributed by atoms with Gasteiger partial charge in [0, 0.05) is 35.4 Å². The Morgan fingerprint density at radius 1 is 0.966 bits per heavy atom. The van der Waals surface area contributed by atoms with Gasteiger partial charge in [-0.3, -0.25) is 9.78 Å². The molecular weight excluding hydrogens is 367 g/mol. The number of halogens is 1. The molecule has 2 heterocycles. The number of aryl methyl sites for hydroxylation is 1. The molecule has 142 valence electrons. The Kier molecular flexibility index (Phi) is 5.07. The topological polar surface area (TPSA) is 67.8 Å². The van der Waals surface area contributed by atoms with Gasteiger partial charge in [0.1, 0.15) is 5.82 Å². The second-order valence-electron chi connectivity index (χ2n) is 6.48. The molecule has 0 fully saturated rings. The standard InChI is InChI=1S/C23H17FN4O/c1-15-13-18(7-8-20(15)24)27-23(29)19-14-26-22(17-5-3-2-4-6-17)28-21(19)16-9-11-25-12-10-16/h2-14H,1H3,(H,27,29). The largest absolute Gasteiger partial charge is 0.322 e. The zero-order valence-electron chi connectivity index (χ0n) is 15.6. The van der Waals surface area contributed by atoms with Crippen LogP contribution in [0, 0.1) is 12.7 Å². The number of nitrogens with one attached hydrogen (secondary N) is 1. The number of hydrogen-bond donors (Lipinski definition) is 1. The van der Waals surface area contributed by atoms with Crippen molar-refractivity contribution in [3.63, 3.8) is 0 Å². The first kappa shape index (κ1) is 18.4. The van der Waals surface area contributed by atoms with Gasteiger partial charge in [-0.05, 0) is 42.8 Å². The highest BCUT2D eigenvalue weighted by molar-refractivity contribution is 6.08. The summed E-state index contributed by atoms with van der Waals surface area (Å²) in [4.78, 5) is 26.0. The molecule has 1 N–H and O–H groups in total. The lowest BCUT2D eigenvalue weighted by molar-refractivity contribution is 0.102. The first-order valence-electron chi connectivity index (χ1n) is 9.02. The first-order valence-corrected chi connectivity index (χ1v) is 9.02. The Morgan fingerprint density at radius 3 is 2.45 bits per heavy atom. The second kappa shape index (κ2) is 7.98. The Balaban J connectivity index is 1.75. The van der Waals surface area contributed by atoms with Crippen molar-refractivity contribution in [2.45, 2.75) is 6.92 Å². The highest BCUT2D eigenvalue weighted by Gasteiger charge is 2.17. The maximum Gasteiger partial charge on any atom is 0.259 e. The molecule has 0 unspecified atom stereocenters. The van der Waals surface area contributed by atoms with Crippen LogP contribution in [-0.2, 0) is 0 Å². The molecular formula is C23H17FN4O. The van der Waals surface area contributed by atoms with E-state index in [1.165, 1.54) is 18.3 Å². The molecule has 0 atom stereocenters. The molecule has 0 aliphatic carbocycles. The third kappa shape index (κ3) is 4.01. The molecule has 2 aromatic carbocycles. The number of anilines is 1. The molecule has 2 aromatic heterocycles. The van der Waals surface area contributed by atoms with E-state index < -0.39 is 0 Å². The van der Waals surface area contributed by atoms with E-state index in [-0.39, 0.29) is 11.7 Å². The van der Waals surface area contributed by atoms with Crippen LogP contribution in [0.4, 0.5) is 10.1 Å². The molecule has 4 rings (SSSR count). The summed E-state index contributed by atoms with van der Waals surface area (Å²) in [5.74, 6) is -0.176. The lowest BCUT2D eigenvalue weighted by Crippen LogP contribution is -2.15. The van der Waals surface area contributed by atoms with Crippen LogP contribution in [0.5, 0.6) is 0 Å². The van der Waals surface area contributed by atoms with Crippen LogP contribution in [0.3, 0.4) is 0 Å². The molecule has 1 amide bonds. The number of benzene rings is 2. The molecule has 0 bridgehead atoms. The van der Waals surface area contributed by atoms with Gasteiger partial charge in [-0.1, -0.05) is 30.3 Å². The Labute approximate surface area is 167 Å². The Morgan fingerprint density at radius 2 is 1.72 bits per heavy atom. The van der Waals surface area contributed by atoms with E-state index >= 15 is 0 Å². The highest BCUT2D eigenvalue weighted by Crippen LogP contribution is 2.25. The molecule has 0 aliphatic rings. The van der Waals surface area contributed by atoms with Crippen molar-refractivity contribution in [1.29, 1.82) is 0 Å². The smallest absolute Gasteiger partial charge is 0.259 e. The number of pyridine rings is 1. The third-order valence-electron chi connectivity index (χ3n) is 4.43. The van der Waals surface area contributed by atoms with Crippen LogP contribution >= 0.6 is 0 Å². The van der Waals surface area contributed by atoms with Crippen molar-refractivity contribution in [2.75, 3.05) is 5.32 Å². The molecule has 0 saturated carbocycles. The summed E-state index contributed by atoms with van der Waals surface area (Å²) in [6, 6.07) is 17.5. The molecule has 0 spiro atoms. The van der Waals surface area contributed by atoms with Crippen LogP contribution in [0.15, 0.2) is 79.3 Å². The van der Waals surface area contributed by atoms with Crippen LogP contribution in [0.1, 0.15) is 15.9 Å². The number of carbonyl (C=O) groups is 1.